The summed E-state index contributed by atoms with van der Waals surface area (Å²) < 4.78 is 0. The Morgan fingerprint density at radius 3 is 1.61 bits per heavy atom. The van der Waals surface area contributed by atoms with Gasteiger partial charge in [-0.05, 0) is 19.3 Å². The molecule has 1 rings (SSSR count). The quantitative estimate of drug-likeness (QED) is 0.465. The van der Waals surface area contributed by atoms with Crippen molar-refractivity contribution in [2.75, 3.05) is 5.75 Å². The highest BCUT2D eigenvalue weighted by molar-refractivity contribution is 8.86. The van der Waals surface area contributed by atoms with Crippen LogP contribution < -0.4 is 0 Å². The summed E-state index contributed by atoms with van der Waals surface area (Å²) in [6, 6.07) is 0. The Morgan fingerprint density at radius 2 is 1.56 bits per heavy atom. The van der Waals surface area contributed by atoms with Crippen molar-refractivity contribution in [3.05, 3.63) is 35.8 Å². The molecule has 2 N–H and O–H groups in total. The van der Waals surface area contributed by atoms with Crippen LogP contribution >= 0.6 is 19.7 Å². The Morgan fingerprint density at radius 1 is 1.22 bits per heavy atom. The minimum atomic E-state index is -0.935. The third-order valence-corrected chi connectivity index (χ3v) is 6.15. The molecule has 0 aromatic carbocycles. The molecule has 7 heteroatoms. The topological polar surface area (TPSA) is 74.6 Å². The van der Waals surface area contributed by atoms with E-state index in [0.717, 1.165) is 0 Å². The van der Waals surface area contributed by atoms with E-state index >= 15 is 0 Å². The highest BCUT2D eigenvalue weighted by Gasteiger charge is 1.91. The van der Waals surface area contributed by atoms with Crippen LogP contribution in [0.4, 0.5) is 0 Å². The lowest BCUT2D eigenvalue weighted by atomic mass is 10.4. The first kappa shape index (κ1) is 19.4. The standard InChI is InChI=1S/2C4H6O2.C3H6S2Si/c2*1-3(2)4(5)6;6-5-3-1-2-4-5/h2*1H2,2H3,(H,5,6);1,3H,2,6H2. The highest BCUT2D eigenvalue weighted by atomic mass is 33.2. The number of rotatable bonds is 2. The lowest BCUT2D eigenvalue weighted by Gasteiger charge is -1.82. The Hall–Kier alpha value is -0.923. The Bertz CT molecular complexity index is 337. The second-order valence-corrected chi connectivity index (χ2v) is 9.92. The zero-order valence-corrected chi connectivity index (χ0v) is 13.6. The molecule has 0 saturated heterocycles. The normalized spacial score (nSPS) is 15.6. The third-order valence-electron chi connectivity index (χ3n) is 1.29. The van der Waals surface area contributed by atoms with Crippen LogP contribution in [0.25, 0.3) is 0 Å². The molecule has 4 nitrogen and oxygen atoms in total. The maximum absolute atomic E-state index is 9.60. The molecule has 0 saturated carbocycles. The van der Waals surface area contributed by atoms with Gasteiger partial charge in [0.25, 0.3) is 0 Å². The molecule has 0 radical (unpaired) electrons. The number of aliphatic carboxylic acids is 2. The summed E-state index contributed by atoms with van der Waals surface area (Å²) in [6.07, 6.45) is 2.24. The van der Waals surface area contributed by atoms with E-state index < -0.39 is 11.9 Å². The summed E-state index contributed by atoms with van der Waals surface area (Å²) in [5, 5.41) is 18.1. The molecule has 1 atom stereocenters. The Kier molecular flexibility index (Phi) is 12.1. The maximum atomic E-state index is 9.60. The summed E-state index contributed by atoms with van der Waals surface area (Å²) in [7, 11) is 4.68. The minimum Gasteiger partial charge on any atom is -0.478 e. The van der Waals surface area contributed by atoms with Gasteiger partial charge in [0.1, 0.15) is 0 Å². The van der Waals surface area contributed by atoms with Gasteiger partial charge in [0.05, 0.1) is 0 Å². The molecule has 0 spiro atoms. The lowest BCUT2D eigenvalue weighted by molar-refractivity contribution is -0.133. The summed E-state index contributed by atoms with van der Waals surface area (Å²) in [6.45, 7) is 9.20. The van der Waals surface area contributed by atoms with E-state index in [2.05, 4.69) is 33.6 Å². The molecule has 1 aliphatic rings. The molecular formula is C11H18O4S2Si. The van der Waals surface area contributed by atoms with Crippen molar-refractivity contribution in [2.45, 2.75) is 13.8 Å². The zero-order chi connectivity index (χ0) is 14.7. The fraction of sp³-hybridized carbons (Fsp3) is 0.273. The molecule has 1 aliphatic heterocycles. The average molecular weight is 306 g/mol. The highest BCUT2D eigenvalue weighted by Crippen LogP contribution is 2.34. The number of carbonyl (C=O) groups is 2. The first-order valence-corrected chi connectivity index (χ1v) is 9.48. The fourth-order valence-corrected chi connectivity index (χ4v) is 3.68. The molecule has 0 aromatic rings. The second-order valence-electron chi connectivity index (χ2n) is 3.21. The monoisotopic (exact) mass is 306 g/mol. The van der Waals surface area contributed by atoms with Gasteiger partial charge in [-0.2, -0.15) is 0 Å². The Labute approximate surface area is 116 Å². The second kappa shape index (κ2) is 11.2. The van der Waals surface area contributed by atoms with Gasteiger partial charge in [-0.1, -0.05) is 30.0 Å². The van der Waals surface area contributed by atoms with Crippen molar-refractivity contribution in [2.24, 2.45) is 0 Å². The van der Waals surface area contributed by atoms with Gasteiger partial charge < -0.3 is 10.2 Å². The summed E-state index contributed by atoms with van der Waals surface area (Å²) in [4.78, 5) is 19.2. The average Bonchev–Trinajstić information content (AvgIpc) is 2.70. The van der Waals surface area contributed by atoms with Gasteiger partial charge >= 0.3 is 11.9 Å². The van der Waals surface area contributed by atoms with Crippen molar-refractivity contribution < 1.29 is 19.8 Å². The van der Waals surface area contributed by atoms with Crippen LogP contribution in [0.5, 0.6) is 0 Å². The molecule has 1 heterocycles. The minimum absolute atomic E-state index is 0.176. The maximum Gasteiger partial charge on any atom is 0.330 e. The van der Waals surface area contributed by atoms with Crippen molar-refractivity contribution in [3.63, 3.8) is 0 Å². The fourth-order valence-electron chi connectivity index (χ4n) is 0.313. The molecule has 1 unspecified atom stereocenters. The molecule has 102 valence electrons. The van der Waals surface area contributed by atoms with Crippen molar-refractivity contribution in [3.8, 4) is 0 Å². The van der Waals surface area contributed by atoms with Crippen LogP contribution in [-0.2, 0) is 9.59 Å². The number of hydrogen-bond donors (Lipinski definition) is 2. The van der Waals surface area contributed by atoms with E-state index in [1.807, 2.05) is 10.8 Å². The number of hydrogen-bond acceptors (Lipinski definition) is 3. The number of carboxylic acid groups (broad SMARTS) is 2. The van der Waals surface area contributed by atoms with Crippen molar-refractivity contribution >= 4 is 40.6 Å². The van der Waals surface area contributed by atoms with Crippen LogP contribution in [-0.4, -0.2) is 36.9 Å². The first-order valence-electron chi connectivity index (χ1n) is 4.78. The molecule has 0 aliphatic carbocycles. The largest absolute Gasteiger partial charge is 0.478 e. The SMILES string of the molecule is C=C(C)C(=O)O.C=C(C)C(=O)O.[SiH2]=S1C=CCS1. The smallest absolute Gasteiger partial charge is 0.330 e. The van der Waals surface area contributed by atoms with Gasteiger partial charge in [-0.25, -0.2) is 9.59 Å². The van der Waals surface area contributed by atoms with Gasteiger partial charge in [0.2, 0.25) is 0 Å². The summed E-state index contributed by atoms with van der Waals surface area (Å²) in [5.41, 5.74) is 0.352. The van der Waals surface area contributed by atoms with Gasteiger partial charge in [0.15, 0.2) is 0 Å². The third kappa shape index (κ3) is 15.1. The molecule has 0 aromatic heterocycles. The van der Waals surface area contributed by atoms with E-state index in [0.29, 0.717) is 8.92 Å². The van der Waals surface area contributed by atoms with E-state index in [9.17, 15) is 9.59 Å². The lowest BCUT2D eigenvalue weighted by Crippen LogP contribution is -1.92. The van der Waals surface area contributed by atoms with Crippen LogP contribution in [0.15, 0.2) is 35.8 Å². The predicted molar refractivity (Wildman–Crippen MR) is 82.6 cm³/mol. The zero-order valence-electron chi connectivity index (χ0n) is 10.5. The summed E-state index contributed by atoms with van der Waals surface area (Å²) in [5.74, 6) is -0.628. The van der Waals surface area contributed by atoms with Gasteiger partial charge in [0, 0.05) is 25.8 Å². The van der Waals surface area contributed by atoms with E-state index in [1.54, 1.807) is 0 Å². The molecule has 0 bridgehead atoms. The van der Waals surface area contributed by atoms with Crippen LogP contribution in [0.2, 0.25) is 0 Å². The van der Waals surface area contributed by atoms with Gasteiger partial charge in [-0.3, -0.25) is 0 Å². The van der Waals surface area contributed by atoms with Crippen LogP contribution in [0.1, 0.15) is 13.8 Å². The van der Waals surface area contributed by atoms with Gasteiger partial charge in [-0.15, -0.1) is 8.92 Å². The molecule has 18 heavy (non-hydrogen) atoms. The predicted octanol–water partition coefficient (Wildman–Crippen LogP) is 2.27. The molecule has 0 amide bonds. The summed E-state index contributed by atoms with van der Waals surface area (Å²) >= 11 is 0. The first-order chi connectivity index (χ1) is 8.18. The van der Waals surface area contributed by atoms with Crippen molar-refractivity contribution in [1.29, 1.82) is 0 Å². The number of carboxylic acids is 2. The Balaban J connectivity index is 0. The van der Waals surface area contributed by atoms with Crippen LogP contribution in [0, 0.1) is 0 Å². The van der Waals surface area contributed by atoms with E-state index in [1.165, 1.54) is 19.6 Å². The van der Waals surface area contributed by atoms with Crippen molar-refractivity contribution in [1.82, 2.24) is 0 Å². The molecular weight excluding hydrogens is 288 g/mol. The van der Waals surface area contributed by atoms with E-state index in [-0.39, 0.29) is 11.1 Å². The van der Waals surface area contributed by atoms with Crippen LogP contribution in [0.3, 0.4) is 0 Å². The van der Waals surface area contributed by atoms with E-state index in [4.69, 9.17) is 10.2 Å². The molecule has 0 fully saturated rings.